The molecule has 1 heterocycles. The lowest BCUT2D eigenvalue weighted by atomic mass is 10.0. The molecule has 160 valence electrons. The number of guanidine groups is 1. The minimum atomic E-state index is 0. The van der Waals surface area contributed by atoms with Crippen LogP contribution in [0.15, 0.2) is 35.3 Å². The van der Waals surface area contributed by atoms with E-state index in [1.54, 1.807) is 0 Å². The summed E-state index contributed by atoms with van der Waals surface area (Å²) in [6.07, 6.45) is 5.00. The highest BCUT2D eigenvalue weighted by Gasteiger charge is 2.19. The fourth-order valence-electron chi connectivity index (χ4n) is 3.50. The van der Waals surface area contributed by atoms with Crippen molar-refractivity contribution in [3.63, 3.8) is 0 Å². The molecule has 0 radical (unpaired) electrons. The van der Waals surface area contributed by atoms with Crippen molar-refractivity contribution in [2.24, 2.45) is 4.99 Å². The summed E-state index contributed by atoms with van der Waals surface area (Å²) in [5.74, 6) is 0.932. The van der Waals surface area contributed by atoms with Crippen LogP contribution in [0.1, 0.15) is 45.1 Å². The summed E-state index contributed by atoms with van der Waals surface area (Å²) in [4.78, 5) is 9.40. The summed E-state index contributed by atoms with van der Waals surface area (Å²) >= 11 is 0. The topological polar surface area (TPSA) is 42.9 Å². The molecule has 0 aromatic heterocycles. The van der Waals surface area contributed by atoms with Gasteiger partial charge in [-0.3, -0.25) is 9.89 Å². The fraction of sp³-hybridized carbons (Fsp3) is 0.682. The Balaban J connectivity index is 0.00000392. The summed E-state index contributed by atoms with van der Waals surface area (Å²) in [5.41, 5.74) is 1.35. The summed E-state index contributed by atoms with van der Waals surface area (Å²) in [7, 11) is 4.05. The average Bonchev–Trinajstić information content (AvgIpc) is 2.70. The van der Waals surface area contributed by atoms with Gasteiger partial charge in [0.15, 0.2) is 5.96 Å². The van der Waals surface area contributed by atoms with Crippen molar-refractivity contribution in [3.05, 3.63) is 35.9 Å². The Morgan fingerprint density at radius 2 is 1.93 bits per heavy atom. The molecule has 2 N–H and O–H groups in total. The SMILES string of the molecule is CCCCN1CCC(NC(=NC)NCC(C)N(C)Cc2ccccc2)CC1.I. The highest BCUT2D eigenvalue weighted by atomic mass is 127. The second-order valence-electron chi connectivity index (χ2n) is 7.82. The van der Waals surface area contributed by atoms with E-state index in [9.17, 15) is 0 Å². The highest BCUT2D eigenvalue weighted by molar-refractivity contribution is 14.0. The molecule has 5 nitrogen and oxygen atoms in total. The molecular formula is C22H40IN5. The molecule has 1 saturated heterocycles. The molecular weight excluding hydrogens is 461 g/mol. The zero-order valence-corrected chi connectivity index (χ0v) is 20.5. The molecule has 0 aliphatic carbocycles. The Morgan fingerprint density at radius 1 is 1.25 bits per heavy atom. The van der Waals surface area contributed by atoms with Crippen molar-refractivity contribution >= 4 is 29.9 Å². The first kappa shape index (κ1) is 25.2. The molecule has 1 atom stereocenters. The Kier molecular flexibility index (Phi) is 12.7. The molecule has 1 aliphatic rings. The summed E-state index contributed by atoms with van der Waals surface area (Å²) < 4.78 is 0. The highest BCUT2D eigenvalue weighted by Crippen LogP contribution is 2.11. The van der Waals surface area contributed by atoms with Crippen LogP contribution in [0.2, 0.25) is 0 Å². The van der Waals surface area contributed by atoms with E-state index >= 15 is 0 Å². The van der Waals surface area contributed by atoms with E-state index in [4.69, 9.17) is 0 Å². The van der Waals surface area contributed by atoms with E-state index in [2.05, 4.69) is 76.7 Å². The van der Waals surface area contributed by atoms with Gasteiger partial charge in [0.1, 0.15) is 0 Å². The van der Waals surface area contributed by atoms with Crippen LogP contribution >= 0.6 is 24.0 Å². The third kappa shape index (κ3) is 9.09. The second kappa shape index (κ2) is 14.2. The zero-order chi connectivity index (χ0) is 19.5. The summed E-state index contributed by atoms with van der Waals surface area (Å²) in [6.45, 7) is 10.0. The fourth-order valence-corrected chi connectivity index (χ4v) is 3.50. The van der Waals surface area contributed by atoms with Crippen LogP contribution in [-0.4, -0.2) is 68.1 Å². The smallest absolute Gasteiger partial charge is 0.191 e. The van der Waals surface area contributed by atoms with Gasteiger partial charge in [0.2, 0.25) is 0 Å². The third-order valence-corrected chi connectivity index (χ3v) is 5.57. The molecule has 1 unspecified atom stereocenters. The first-order valence-electron chi connectivity index (χ1n) is 10.6. The number of hydrogen-bond acceptors (Lipinski definition) is 3. The molecule has 2 rings (SSSR count). The maximum Gasteiger partial charge on any atom is 0.191 e. The van der Waals surface area contributed by atoms with Gasteiger partial charge >= 0.3 is 0 Å². The van der Waals surface area contributed by atoms with Crippen LogP contribution in [0.3, 0.4) is 0 Å². The van der Waals surface area contributed by atoms with E-state index in [1.807, 2.05) is 7.05 Å². The number of halogens is 1. The quantitative estimate of drug-likeness (QED) is 0.309. The number of likely N-dealkylation sites (tertiary alicyclic amines) is 1. The predicted molar refractivity (Wildman–Crippen MR) is 132 cm³/mol. The van der Waals surface area contributed by atoms with Crippen molar-refractivity contribution < 1.29 is 0 Å². The molecule has 0 saturated carbocycles. The molecule has 0 bridgehead atoms. The van der Waals surface area contributed by atoms with Gasteiger partial charge in [-0.05, 0) is 45.3 Å². The molecule has 1 aromatic carbocycles. The van der Waals surface area contributed by atoms with E-state index in [0.29, 0.717) is 12.1 Å². The van der Waals surface area contributed by atoms with Gasteiger partial charge in [-0.15, -0.1) is 24.0 Å². The average molecular weight is 502 g/mol. The Labute approximate surface area is 189 Å². The van der Waals surface area contributed by atoms with Gasteiger partial charge in [-0.25, -0.2) is 0 Å². The largest absolute Gasteiger partial charge is 0.355 e. The number of likely N-dealkylation sites (N-methyl/N-ethyl adjacent to an activating group) is 1. The van der Waals surface area contributed by atoms with Gasteiger partial charge < -0.3 is 15.5 Å². The van der Waals surface area contributed by atoms with E-state index in [1.165, 1.54) is 50.9 Å². The number of unbranched alkanes of at least 4 members (excludes halogenated alkanes) is 1. The third-order valence-electron chi connectivity index (χ3n) is 5.57. The van der Waals surface area contributed by atoms with Gasteiger partial charge in [0.25, 0.3) is 0 Å². The molecule has 0 spiro atoms. The first-order valence-corrected chi connectivity index (χ1v) is 10.6. The van der Waals surface area contributed by atoms with E-state index in [-0.39, 0.29) is 24.0 Å². The van der Waals surface area contributed by atoms with E-state index < -0.39 is 0 Å². The molecule has 1 fully saturated rings. The number of piperidine rings is 1. The number of nitrogens with zero attached hydrogens (tertiary/aromatic N) is 3. The normalized spacial score (nSPS) is 17.2. The van der Waals surface area contributed by atoms with Crippen LogP contribution < -0.4 is 10.6 Å². The summed E-state index contributed by atoms with van der Waals surface area (Å²) in [6, 6.07) is 11.6. The zero-order valence-electron chi connectivity index (χ0n) is 18.2. The van der Waals surface area contributed by atoms with Crippen molar-refractivity contribution in [3.8, 4) is 0 Å². The summed E-state index contributed by atoms with van der Waals surface area (Å²) in [5, 5.41) is 7.13. The van der Waals surface area contributed by atoms with Crippen molar-refractivity contribution in [2.75, 3.05) is 40.3 Å². The van der Waals surface area contributed by atoms with Gasteiger partial charge in [-0.1, -0.05) is 43.7 Å². The number of rotatable bonds is 9. The minimum Gasteiger partial charge on any atom is -0.355 e. The van der Waals surface area contributed by atoms with Crippen LogP contribution in [-0.2, 0) is 6.54 Å². The second-order valence-corrected chi connectivity index (χ2v) is 7.82. The number of nitrogens with one attached hydrogen (secondary N) is 2. The van der Waals surface area contributed by atoms with Gasteiger partial charge in [0.05, 0.1) is 0 Å². The first-order chi connectivity index (χ1) is 13.1. The standard InChI is InChI=1S/C22H39N5.HI/c1-5-6-14-27-15-12-21(13-16-27)25-22(23-3)24-17-19(2)26(4)18-20-10-8-7-9-11-20;/h7-11,19,21H,5-6,12-18H2,1-4H3,(H2,23,24,25);1H. The Morgan fingerprint density at radius 3 is 2.54 bits per heavy atom. The predicted octanol–water partition coefficient (Wildman–Crippen LogP) is 3.55. The number of aliphatic imine (C=N–C) groups is 1. The Bertz CT molecular complexity index is 543. The van der Waals surface area contributed by atoms with Crippen molar-refractivity contribution in [2.45, 2.75) is 58.2 Å². The van der Waals surface area contributed by atoms with Crippen molar-refractivity contribution in [1.29, 1.82) is 0 Å². The molecule has 6 heteroatoms. The molecule has 1 aliphatic heterocycles. The van der Waals surface area contributed by atoms with Crippen LogP contribution in [0.4, 0.5) is 0 Å². The van der Waals surface area contributed by atoms with Crippen LogP contribution in [0.5, 0.6) is 0 Å². The lowest BCUT2D eigenvalue weighted by Gasteiger charge is -2.33. The van der Waals surface area contributed by atoms with Gasteiger partial charge in [-0.2, -0.15) is 0 Å². The van der Waals surface area contributed by atoms with Crippen LogP contribution in [0.25, 0.3) is 0 Å². The minimum absolute atomic E-state index is 0. The molecule has 28 heavy (non-hydrogen) atoms. The Hall–Kier alpha value is -0.860. The molecule has 1 aromatic rings. The maximum absolute atomic E-state index is 4.43. The maximum atomic E-state index is 4.43. The lowest BCUT2D eigenvalue weighted by molar-refractivity contribution is 0.203. The lowest BCUT2D eigenvalue weighted by Crippen LogP contribution is -2.50. The van der Waals surface area contributed by atoms with Gasteiger partial charge in [0, 0.05) is 45.3 Å². The molecule has 0 amide bonds. The number of benzene rings is 1. The van der Waals surface area contributed by atoms with E-state index in [0.717, 1.165) is 19.0 Å². The van der Waals surface area contributed by atoms with Crippen molar-refractivity contribution in [1.82, 2.24) is 20.4 Å². The number of hydrogen-bond donors (Lipinski definition) is 2. The monoisotopic (exact) mass is 501 g/mol. The van der Waals surface area contributed by atoms with Crippen LogP contribution in [0, 0.1) is 0 Å².